The number of benzene rings is 2. The first-order valence-corrected chi connectivity index (χ1v) is 7.26. The Hall–Kier alpha value is -2.93. The molecule has 3 amide bonds. The van der Waals surface area contributed by atoms with Gasteiger partial charge in [-0.25, -0.2) is 9.18 Å². The molecule has 6 nitrogen and oxygen atoms in total. The number of urea groups is 1. The number of rotatable bonds is 5. The van der Waals surface area contributed by atoms with Crippen molar-refractivity contribution in [3.63, 3.8) is 0 Å². The highest BCUT2D eigenvalue weighted by atomic mass is 19.1. The van der Waals surface area contributed by atoms with Crippen LogP contribution in [-0.2, 0) is 9.53 Å². The number of carbonyl (C=O) groups is 2. The fraction of sp³-hybridized carbons (Fsp3) is 0.176. The molecule has 0 radical (unpaired) electrons. The highest BCUT2D eigenvalue weighted by Crippen LogP contribution is 2.17. The molecule has 0 aliphatic carbocycles. The van der Waals surface area contributed by atoms with Crippen molar-refractivity contribution in [2.24, 2.45) is 0 Å². The Bertz CT molecular complexity index is 737. The molecular weight excluding hydrogens is 313 g/mol. The second kappa shape index (κ2) is 8.07. The fourth-order valence-electron chi connectivity index (χ4n) is 1.87. The van der Waals surface area contributed by atoms with E-state index in [4.69, 9.17) is 4.74 Å². The molecule has 0 fully saturated rings. The predicted octanol–water partition coefficient (Wildman–Crippen LogP) is 3.44. The van der Waals surface area contributed by atoms with Crippen molar-refractivity contribution < 1.29 is 18.7 Å². The summed E-state index contributed by atoms with van der Waals surface area (Å²) in [5.41, 5.74) is 1.03. The van der Waals surface area contributed by atoms with E-state index in [0.717, 1.165) is 0 Å². The number of methoxy groups -OCH3 is 1. The molecule has 0 aliphatic rings. The topological polar surface area (TPSA) is 79.5 Å². The Labute approximate surface area is 139 Å². The molecule has 1 atom stereocenters. The summed E-state index contributed by atoms with van der Waals surface area (Å²) >= 11 is 0. The summed E-state index contributed by atoms with van der Waals surface area (Å²) in [5.74, 6) is -0.826. The maximum Gasteiger partial charge on any atom is 0.323 e. The molecular formula is C17H18FN3O3. The first-order valence-electron chi connectivity index (χ1n) is 7.26. The quantitative estimate of drug-likeness (QED) is 0.785. The summed E-state index contributed by atoms with van der Waals surface area (Å²) < 4.78 is 18.4. The largest absolute Gasteiger partial charge is 0.372 e. The van der Waals surface area contributed by atoms with Crippen molar-refractivity contribution in [3.8, 4) is 0 Å². The average molecular weight is 331 g/mol. The van der Waals surface area contributed by atoms with Crippen LogP contribution in [0.3, 0.4) is 0 Å². The van der Waals surface area contributed by atoms with Crippen LogP contribution in [0.15, 0.2) is 48.5 Å². The van der Waals surface area contributed by atoms with E-state index < -0.39 is 18.0 Å². The highest BCUT2D eigenvalue weighted by molar-refractivity contribution is 6.00. The average Bonchev–Trinajstić information content (AvgIpc) is 2.56. The second-order valence-electron chi connectivity index (χ2n) is 5.01. The first kappa shape index (κ1) is 17.4. The van der Waals surface area contributed by atoms with Gasteiger partial charge in [-0.05, 0) is 37.3 Å². The summed E-state index contributed by atoms with van der Waals surface area (Å²) in [6.45, 7) is 1.62. The minimum Gasteiger partial charge on any atom is -0.372 e. The van der Waals surface area contributed by atoms with Gasteiger partial charge in [-0.2, -0.15) is 0 Å². The molecule has 0 aromatic heterocycles. The zero-order valence-electron chi connectivity index (χ0n) is 13.3. The Balaban J connectivity index is 2.00. The normalized spacial score (nSPS) is 11.5. The van der Waals surface area contributed by atoms with Gasteiger partial charge in [0.1, 0.15) is 11.9 Å². The van der Waals surface area contributed by atoms with E-state index in [1.165, 1.54) is 25.3 Å². The van der Waals surface area contributed by atoms with Gasteiger partial charge in [0.15, 0.2) is 0 Å². The van der Waals surface area contributed by atoms with Crippen molar-refractivity contribution in [1.82, 2.24) is 0 Å². The van der Waals surface area contributed by atoms with Gasteiger partial charge in [-0.15, -0.1) is 0 Å². The molecule has 0 spiro atoms. The molecule has 126 valence electrons. The Kier molecular flexibility index (Phi) is 5.86. The van der Waals surface area contributed by atoms with Crippen LogP contribution < -0.4 is 16.0 Å². The Morgan fingerprint density at radius 1 is 1.00 bits per heavy atom. The second-order valence-corrected chi connectivity index (χ2v) is 5.01. The summed E-state index contributed by atoms with van der Waals surface area (Å²) in [5, 5.41) is 7.66. The highest BCUT2D eigenvalue weighted by Gasteiger charge is 2.12. The molecule has 0 saturated heterocycles. The number of ether oxygens (including phenoxy) is 1. The maximum absolute atomic E-state index is 13.5. The van der Waals surface area contributed by atoms with Crippen LogP contribution in [0.25, 0.3) is 0 Å². The number of nitrogens with one attached hydrogen (secondary N) is 3. The van der Waals surface area contributed by atoms with Crippen molar-refractivity contribution in [2.45, 2.75) is 13.0 Å². The van der Waals surface area contributed by atoms with E-state index in [9.17, 15) is 14.0 Å². The van der Waals surface area contributed by atoms with Gasteiger partial charge in [0, 0.05) is 18.5 Å². The molecule has 0 aliphatic heterocycles. The molecule has 3 N–H and O–H groups in total. The predicted molar refractivity (Wildman–Crippen MR) is 90.6 cm³/mol. The van der Waals surface area contributed by atoms with Crippen molar-refractivity contribution in [3.05, 3.63) is 54.3 Å². The van der Waals surface area contributed by atoms with Crippen LogP contribution in [0, 0.1) is 5.82 Å². The molecule has 0 bridgehead atoms. The number of anilines is 3. The van der Waals surface area contributed by atoms with Gasteiger partial charge in [-0.3, -0.25) is 4.79 Å². The zero-order chi connectivity index (χ0) is 17.5. The third-order valence-electron chi connectivity index (χ3n) is 3.23. The van der Waals surface area contributed by atoms with Crippen LogP contribution in [0.1, 0.15) is 6.92 Å². The third kappa shape index (κ3) is 4.79. The van der Waals surface area contributed by atoms with Gasteiger partial charge in [-0.1, -0.05) is 18.2 Å². The molecule has 7 heteroatoms. The number of hydrogen-bond acceptors (Lipinski definition) is 3. The van der Waals surface area contributed by atoms with E-state index in [0.29, 0.717) is 11.4 Å². The number of halogens is 1. The van der Waals surface area contributed by atoms with Crippen LogP contribution in [-0.4, -0.2) is 25.2 Å². The minimum atomic E-state index is -0.592. The lowest BCUT2D eigenvalue weighted by Gasteiger charge is -2.12. The first-order chi connectivity index (χ1) is 11.5. The van der Waals surface area contributed by atoms with E-state index >= 15 is 0 Å². The molecule has 0 unspecified atom stereocenters. The van der Waals surface area contributed by atoms with Gasteiger partial charge in [0.05, 0.1) is 5.69 Å². The SMILES string of the molecule is CO[C@@H](C)C(=O)Nc1cccc(NC(=O)Nc2ccccc2F)c1. The van der Waals surface area contributed by atoms with E-state index in [-0.39, 0.29) is 11.6 Å². The minimum absolute atomic E-state index is 0.0772. The Morgan fingerprint density at radius 3 is 2.33 bits per heavy atom. The smallest absolute Gasteiger partial charge is 0.323 e. The molecule has 2 aromatic carbocycles. The summed E-state index contributed by atoms with van der Waals surface area (Å²) in [7, 11) is 1.44. The van der Waals surface area contributed by atoms with Gasteiger partial charge in [0.2, 0.25) is 0 Å². The van der Waals surface area contributed by atoms with E-state index in [2.05, 4.69) is 16.0 Å². The molecule has 2 rings (SSSR count). The van der Waals surface area contributed by atoms with Crippen molar-refractivity contribution >= 4 is 29.0 Å². The standard InChI is InChI=1S/C17H18FN3O3/c1-11(24-2)16(22)19-12-6-5-7-13(10-12)20-17(23)21-15-9-4-3-8-14(15)18/h3-11H,1-2H3,(H,19,22)(H2,20,21,23)/t11-/m0/s1. The molecule has 2 aromatic rings. The van der Waals surface area contributed by atoms with Gasteiger partial charge in [0.25, 0.3) is 5.91 Å². The van der Waals surface area contributed by atoms with Gasteiger partial charge < -0.3 is 20.7 Å². The van der Waals surface area contributed by atoms with Crippen LogP contribution in [0.2, 0.25) is 0 Å². The molecule has 0 saturated carbocycles. The molecule has 24 heavy (non-hydrogen) atoms. The van der Waals surface area contributed by atoms with Crippen LogP contribution in [0.5, 0.6) is 0 Å². The maximum atomic E-state index is 13.5. The third-order valence-corrected chi connectivity index (χ3v) is 3.23. The van der Waals surface area contributed by atoms with Crippen LogP contribution in [0.4, 0.5) is 26.2 Å². The fourth-order valence-corrected chi connectivity index (χ4v) is 1.87. The number of carbonyl (C=O) groups excluding carboxylic acids is 2. The lowest BCUT2D eigenvalue weighted by molar-refractivity contribution is -0.124. The van der Waals surface area contributed by atoms with E-state index in [1.54, 1.807) is 37.3 Å². The zero-order valence-corrected chi connectivity index (χ0v) is 13.3. The number of para-hydroxylation sites is 1. The Morgan fingerprint density at radius 2 is 1.67 bits per heavy atom. The number of amides is 3. The summed E-state index contributed by atoms with van der Waals surface area (Å²) in [6.07, 6.45) is -0.592. The van der Waals surface area contributed by atoms with E-state index in [1.807, 2.05) is 0 Å². The molecule has 0 heterocycles. The van der Waals surface area contributed by atoms with Crippen molar-refractivity contribution in [2.75, 3.05) is 23.1 Å². The van der Waals surface area contributed by atoms with Crippen LogP contribution >= 0.6 is 0 Å². The lowest BCUT2D eigenvalue weighted by Crippen LogP contribution is -2.26. The van der Waals surface area contributed by atoms with Crippen molar-refractivity contribution in [1.29, 1.82) is 0 Å². The summed E-state index contributed by atoms with van der Waals surface area (Å²) in [6, 6.07) is 11.9. The lowest BCUT2D eigenvalue weighted by atomic mass is 10.2. The number of hydrogen-bond donors (Lipinski definition) is 3. The monoisotopic (exact) mass is 331 g/mol. The van der Waals surface area contributed by atoms with Gasteiger partial charge >= 0.3 is 6.03 Å². The summed E-state index contributed by atoms with van der Waals surface area (Å²) in [4.78, 5) is 23.7.